The molecule has 0 amide bonds. The number of epoxide rings is 1. The zero-order chi connectivity index (χ0) is 26.3. The third-order valence-corrected chi connectivity index (χ3v) is 11.1. The van der Waals surface area contributed by atoms with Gasteiger partial charge >= 0.3 is 17.9 Å². The van der Waals surface area contributed by atoms with Crippen LogP contribution in [0.3, 0.4) is 0 Å². The lowest BCUT2D eigenvalue weighted by Gasteiger charge is -2.61. The summed E-state index contributed by atoms with van der Waals surface area (Å²) >= 11 is 0. The van der Waals surface area contributed by atoms with Gasteiger partial charge in [-0.15, -0.1) is 0 Å². The highest BCUT2D eigenvalue weighted by Gasteiger charge is 2.81. The lowest BCUT2D eigenvalue weighted by Crippen LogP contribution is -2.64. The third-order valence-electron chi connectivity index (χ3n) is 11.1. The lowest BCUT2D eigenvalue weighted by molar-refractivity contribution is -0.186. The van der Waals surface area contributed by atoms with Gasteiger partial charge in [-0.05, 0) is 82.0 Å². The Kier molecular flexibility index (Phi) is 6.07. The SMILES string of the molecule is CC(=O)O[C@H]1CC[C@]2(C)[C@H]3CC[C@@]4(C)[C@@H](CC[C@@]4(O)CCC(=O)O)[C@@H]3[C@@H](C(=O)OC(C)C)[C@@H]3O[C@@]32C1. The molecule has 5 rings (SSSR count). The Morgan fingerprint density at radius 1 is 1.03 bits per heavy atom. The molecule has 1 heterocycles. The van der Waals surface area contributed by atoms with Crippen LogP contribution in [-0.2, 0) is 28.6 Å². The summed E-state index contributed by atoms with van der Waals surface area (Å²) in [4.78, 5) is 36.7. The van der Waals surface area contributed by atoms with Crippen LogP contribution in [0.2, 0.25) is 0 Å². The maximum absolute atomic E-state index is 13.7. The van der Waals surface area contributed by atoms with Gasteiger partial charge in [0, 0.05) is 25.2 Å². The number of carboxylic acids is 1. The first kappa shape index (κ1) is 26.0. The van der Waals surface area contributed by atoms with Crippen molar-refractivity contribution in [2.24, 2.45) is 34.5 Å². The Morgan fingerprint density at radius 2 is 1.67 bits per heavy atom. The molecule has 1 aliphatic heterocycles. The minimum Gasteiger partial charge on any atom is -0.481 e. The van der Waals surface area contributed by atoms with Gasteiger partial charge in [0.1, 0.15) is 17.8 Å². The van der Waals surface area contributed by atoms with Crippen LogP contribution in [0.4, 0.5) is 0 Å². The summed E-state index contributed by atoms with van der Waals surface area (Å²) < 4.78 is 18.0. The van der Waals surface area contributed by atoms with Gasteiger partial charge in [0.05, 0.1) is 17.6 Å². The molecule has 1 spiro atoms. The highest BCUT2D eigenvalue weighted by atomic mass is 16.6. The largest absolute Gasteiger partial charge is 0.481 e. The molecule has 0 aromatic carbocycles. The number of carboxylic acid groups (broad SMARTS) is 1. The van der Waals surface area contributed by atoms with Crippen molar-refractivity contribution in [2.75, 3.05) is 0 Å². The third kappa shape index (κ3) is 3.57. The highest BCUT2D eigenvalue weighted by molar-refractivity contribution is 5.75. The van der Waals surface area contributed by atoms with Gasteiger partial charge in [-0.3, -0.25) is 14.4 Å². The first-order chi connectivity index (χ1) is 16.8. The first-order valence-electron chi connectivity index (χ1n) is 13.8. The van der Waals surface area contributed by atoms with E-state index in [1.807, 2.05) is 13.8 Å². The zero-order valence-electron chi connectivity index (χ0n) is 22.2. The van der Waals surface area contributed by atoms with Gasteiger partial charge in [-0.25, -0.2) is 0 Å². The average Bonchev–Trinajstić information content (AvgIpc) is 3.41. The molecule has 5 fully saturated rings. The molecule has 0 aromatic heterocycles. The molecule has 0 aromatic rings. The fourth-order valence-electron chi connectivity index (χ4n) is 9.43. The van der Waals surface area contributed by atoms with Crippen LogP contribution >= 0.6 is 0 Å². The van der Waals surface area contributed by atoms with Crippen LogP contribution in [0.15, 0.2) is 0 Å². The molecule has 0 unspecified atom stereocenters. The molecule has 5 aliphatic rings. The van der Waals surface area contributed by atoms with E-state index >= 15 is 0 Å². The number of esters is 2. The van der Waals surface area contributed by atoms with Crippen molar-refractivity contribution in [1.82, 2.24) is 0 Å². The van der Waals surface area contributed by atoms with Crippen LogP contribution in [-0.4, -0.2) is 57.6 Å². The Morgan fingerprint density at radius 3 is 2.31 bits per heavy atom. The van der Waals surface area contributed by atoms with E-state index in [-0.39, 0.29) is 66.3 Å². The van der Waals surface area contributed by atoms with Crippen LogP contribution in [0.1, 0.15) is 92.4 Å². The number of carbonyl (C=O) groups excluding carboxylic acids is 2. The van der Waals surface area contributed by atoms with Crippen molar-refractivity contribution in [3.63, 3.8) is 0 Å². The standard InChI is InChI=1S/C28H42O8/c1-15(2)34-24(32)22-21-18-8-12-27(33,13-9-20(30)31)25(18,4)11-7-19(21)26(5)10-6-17(35-16(3)29)14-28(26)23(22)36-28/h15,17-19,21-23,33H,6-14H2,1-5H3,(H,30,31)/t17-,18-,19-,21-,22+,23-,25-,26+,27+,28-/m0/s1. The predicted molar refractivity (Wildman–Crippen MR) is 129 cm³/mol. The van der Waals surface area contributed by atoms with Gasteiger partial charge in [-0.2, -0.15) is 0 Å². The predicted octanol–water partition coefficient (Wildman–Crippen LogP) is 3.87. The van der Waals surface area contributed by atoms with E-state index in [2.05, 4.69) is 13.8 Å². The normalized spacial score (nSPS) is 48.8. The molecule has 8 nitrogen and oxygen atoms in total. The average molecular weight is 507 g/mol. The van der Waals surface area contributed by atoms with E-state index in [9.17, 15) is 24.6 Å². The number of hydrogen-bond acceptors (Lipinski definition) is 7. The second-order valence-corrected chi connectivity index (χ2v) is 13.0. The van der Waals surface area contributed by atoms with Gasteiger partial charge in [-0.1, -0.05) is 13.8 Å². The summed E-state index contributed by atoms with van der Waals surface area (Å²) in [5.41, 5.74) is -2.17. The molecule has 4 aliphatic carbocycles. The zero-order valence-corrected chi connectivity index (χ0v) is 22.2. The Bertz CT molecular complexity index is 948. The van der Waals surface area contributed by atoms with Crippen molar-refractivity contribution < 1.29 is 38.8 Å². The van der Waals surface area contributed by atoms with Crippen molar-refractivity contribution in [1.29, 1.82) is 0 Å². The van der Waals surface area contributed by atoms with Gasteiger partial charge in [0.2, 0.25) is 0 Å². The monoisotopic (exact) mass is 506 g/mol. The van der Waals surface area contributed by atoms with E-state index in [4.69, 9.17) is 14.2 Å². The van der Waals surface area contributed by atoms with E-state index in [1.165, 1.54) is 6.92 Å². The van der Waals surface area contributed by atoms with Crippen LogP contribution < -0.4 is 0 Å². The summed E-state index contributed by atoms with van der Waals surface area (Å²) in [5.74, 6) is -1.54. The number of rotatable bonds is 6. The Balaban J connectivity index is 1.51. The summed E-state index contributed by atoms with van der Waals surface area (Å²) in [6.45, 7) is 9.56. The van der Waals surface area contributed by atoms with Crippen molar-refractivity contribution in [3.8, 4) is 0 Å². The first-order valence-corrected chi connectivity index (χ1v) is 13.8. The topological polar surface area (TPSA) is 123 Å². The van der Waals surface area contributed by atoms with Crippen molar-refractivity contribution >= 4 is 17.9 Å². The second kappa shape index (κ2) is 8.42. The molecule has 2 N–H and O–H groups in total. The lowest BCUT2D eigenvalue weighted by atomic mass is 9.42. The van der Waals surface area contributed by atoms with E-state index in [1.54, 1.807) is 0 Å². The fraction of sp³-hybridized carbons (Fsp3) is 0.893. The van der Waals surface area contributed by atoms with E-state index < -0.39 is 28.5 Å². The quantitative estimate of drug-likeness (QED) is 0.411. The number of carbonyl (C=O) groups is 3. The molecule has 0 bridgehead atoms. The molecule has 36 heavy (non-hydrogen) atoms. The number of ether oxygens (including phenoxy) is 3. The molecule has 10 atom stereocenters. The highest BCUT2D eigenvalue weighted by Crippen LogP contribution is 2.76. The number of fused-ring (bicyclic) bond motifs is 4. The van der Waals surface area contributed by atoms with Crippen LogP contribution in [0.5, 0.6) is 0 Å². The van der Waals surface area contributed by atoms with Gasteiger partial charge in [0.15, 0.2) is 0 Å². The van der Waals surface area contributed by atoms with Gasteiger partial charge < -0.3 is 24.4 Å². The number of aliphatic hydroxyl groups is 1. The molecule has 8 heteroatoms. The smallest absolute Gasteiger partial charge is 0.312 e. The second-order valence-electron chi connectivity index (χ2n) is 13.0. The van der Waals surface area contributed by atoms with Crippen LogP contribution in [0.25, 0.3) is 0 Å². The van der Waals surface area contributed by atoms with Crippen LogP contribution in [0, 0.1) is 34.5 Å². The fourth-order valence-corrected chi connectivity index (χ4v) is 9.43. The summed E-state index contributed by atoms with van der Waals surface area (Å²) in [6.07, 6.45) is 4.65. The Labute approximate surface area is 213 Å². The van der Waals surface area contributed by atoms with Crippen molar-refractivity contribution in [2.45, 2.75) is 122 Å². The summed E-state index contributed by atoms with van der Waals surface area (Å²) in [6, 6.07) is 0. The molecule has 1 saturated heterocycles. The number of aliphatic carboxylic acids is 1. The molecular formula is C28H42O8. The number of hydrogen-bond donors (Lipinski definition) is 2. The minimum atomic E-state index is -1.06. The van der Waals surface area contributed by atoms with Crippen molar-refractivity contribution in [3.05, 3.63) is 0 Å². The maximum atomic E-state index is 13.7. The maximum Gasteiger partial charge on any atom is 0.312 e. The molecular weight excluding hydrogens is 464 g/mol. The summed E-state index contributed by atoms with van der Waals surface area (Å²) in [5, 5.41) is 21.1. The van der Waals surface area contributed by atoms with E-state index in [0.29, 0.717) is 12.8 Å². The molecule has 0 radical (unpaired) electrons. The minimum absolute atomic E-state index is 0.00440. The molecule has 202 valence electrons. The van der Waals surface area contributed by atoms with Gasteiger partial charge in [0.25, 0.3) is 0 Å². The molecule has 4 saturated carbocycles. The van der Waals surface area contributed by atoms with E-state index in [0.717, 1.165) is 32.1 Å². The Hall–Kier alpha value is -1.67. The summed E-state index contributed by atoms with van der Waals surface area (Å²) in [7, 11) is 0.